The highest BCUT2D eigenvalue weighted by Crippen LogP contribution is 2.42. The van der Waals surface area contributed by atoms with Gasteiger partial charge in [0.15, 0.2) is 0 Å². The number of methoxy groups -OCH3 is 1. The fraction of sp³-hybridized carbons (Fsp3) is 0.333. The molecule has 158 valence electrons. The second-order valence-corrected chi connectivity index (χ2v) is 9.29. The predicted molar refractivity (Wildman–Crippen MR) is 107 cm³/mol. The molecule has 1 saturated carbocycles. The maximum absolute atomic E-state index is 13.3. The zero-order chi connectivity index (χ0) is 21.5. The van der Waals surface area contributed by atoms with Crippen LogP contribution in [0.1, 0.15) is 24.4 Å². The van der Waals surface area contributed by atoms with Gasteiger partial charge in [-0.05, 0) is 42.7 Å². The van der Waals surface area contributed by atoms with Gasteiger partial charge in [0.05, 0.1) is 24.6 Å². The highest BCUT2D eigenvalue weighted by Gasteiger charge is 2.53. The average molecular weight is 430 g/mol. The molecule has 4 rings (SSSR count). The van der Waals surface area contributed by atoms with E-state index in [4.69, 9.17) is 4.74 Å². The number of sulfonamides is 1. The molecule has 2 fully saturated rings. The van der Waals surface area contributed by atoms with Gasteiger partial charge in [-0.15, -0.1) is 0 Å². The maximum Gasteiger partial charge on any atom is 0.324 e. The summed E-state index contributed by atoms with van der Waals surface area (Å²) >= 11 is 0. The van der Waals surface area contributed by atoms with Crippen molar-refractivity contribution in [1.82, 2.24) is 9.21 Å². The van der Waals surface area contributed by atoms with E-state index in [-0.39, 0.29) is 10.9 Å². The van der Waals surface area contributed by atoms with E-state index >= 15 is 0 Å². The standard InChI is InChI=1S/C21H22N2O6S/c1-29-16-11-7-14(8-12-16)19-20(21(25)26)22(13-18(24)23(19)15-9-10-15)30(27,28)17-5-3-2-4-6-17/h2-8,11-12,15,19-20H,9-10,13H2,1H3,(H,25,26). The number of carboxylic acids is 1. The molecule has 2 aromatic rings. The Kier molecular flexibility index (Phi) is 5.25. The van der Waals surface area contributed by atoms with Gasteiger partial charge in [0.25, 0.3) is 0 Å². The number of aliphatic carboxylic acids is 1. The summed E-state index contributed by atoms with van der Waals surface area (Å²) in [5, 5.41) is 10.1. The van der Waals surface area contributed by atoms with Crippen LogP contribution in [-0.4, -0.2) is 60.3 Å². The monoisotopic (exact) mass is 430 g/mol. The van der Waals surface area contributed by atoms with E-state index in [0.717, 1.165) is 17.1 Å². The Bertz CT molecular complexity index is 1050. The lowest BCUT2D eigenvalue weighted by atomic mass is 9.94. The van der Waals surface area contributed by atoms with Crippen LogP contribution in [0.25, 0.3) is 0 Å². The van der Waals surface area contributed by atoms with Crippen molar-refractivity contribution in [3.63, 3.8) is 0 Å². The first-order valence-electron chi connectivity index (χ1n) is 9.59. The highest BCUT2D eigenvalue weighted by atomic mass is 32.2. The number of hydrogen-bond donors (Lipinski definition) is 1. The van der Waals surface area contributed by atoms with Crippen LogP contribution in [0.4, 0.5) is 0 Å². The van der Waals surface area contributed by atoms with E-state index in [9.17, 15) is 23.1 Å². The second-order valence-electron chi connectivity index (χ2n) is 7.40. The fourth-order valence-electron chi connectivity index (χ4n) is 3.93. The number of carboxylic acid groups (broad SMARTS) is 1. The number of piperazine rings is 1. The summed E-state index contributed by atoms with van der Waals surface area (Å²) in [5.74, 6) is -1.11. The summed E-state index contributed by atoms with van der Waals surface area (Å²) in [6.07, 6.45) is 1.55. The summed E-state index contributed by atoms with van der Waals surface area (Å²) in [4.78, 5) is 26.9. The molecular weight excluding hydrogens is 408 g/mol. The van der Waals surface area contributed by atoms with Crippen molar-refractivity contribution in [3.8, 4) is 5.75 Å². The Labute approximate surface area is 174 Å². The van der Waals surface area contributed by atoms with Crippen molar-refractivity contribution in [1.29, 1.82) is 0 Å². The molecule has 2 aliphatic rings. The number of ether oxygens (including phenoxy) is 1. The molecule has 1 heterocycles. The molecule has 1 amide bonds. The number of nitrogens with zero attached hydrogens (tertiary/aromatic N) is 2. The van der Waals surface area contributed by atoms with E-state index in [1.54, 1.807) is 47.4 Å². The van der Waals surface area contributed by atoms with Gasteiger partial charge in [0, 0.05) is 6.04 Å². The minimum Gasteiger partial charge on any atom is -0.497 e. The van der Waals surface area contributed by atoms with Gasteiger partial charge in [-0.25, -0.2) is 8.42 Å². The van der Waals surface area contributed by atoms with Gasteiger partial charge in [-0.2, -0.15) is 4.31 Å². The molecular formula is C21H22N2O6S. The fourth-order valence-corrected chi connectivity index (χ4v) is 5.48. The number of rotatable bonds is 6. The molecule has 1 aliphatic carbocycles. The molecule has 1 N–H and O–H groups in total. The molecule has 30 heavy (non-hydrogen) atoms. The lowest BCUT2D eigenvalue weighted by molar-refractivity contribution is -0.153. The van der Waals surface area contributed by atoms with Gasteiger partial charge < -0.3 is 14.7 Å². The number of amides is 1. The van der Waals surface area contributed by atoms with Crippen LogP contribution in [0.3, 0.4) is 0 Å². The smallest absolute Gasteiger partial charge is 0.324 e. The van der Waals surface area contributed by atoms with Gasteiger partial charge in [-0.1, -0.05) is 30.3 Å². The van der Waals surface area contributed by atoms with Crippen molar-refractivity contribution in [2.45, 2.75) is 35.9 Å². The molecule has 2 aromatic carbocycles. The molecule has 8 nitrogen and oxygen atoms in total. The van der Waals surface area contributed by atoms with Gasteiger partial charge in [0.2, 0.25) is 15.9 Å². The highest BCUT2D eigenvalue weighted by molar-refractivity contribution is 7.89. The number of hydrogen-bond acceptors (Lipinski definition) is 5. The summed E-state index contributed by atoms with van der Waals surface area (Å²) < 4.78 is 32.6. The van der Waals surface area contributed by atoms with Crippen molar-refractivity contribution >= 4 is 21.9 Å². The summed E-state index contributed by atoms with van der Waals surface area (Å²) in [6.45, 7) is -0.503. The number of carbonyl (C=O) groups is 2. The van der Waals surface area contributed by atoms with Crippen molar-refractivity contribution < 1.29 is 27.9 Å². The van der Waals surface area contributed by atoms with Crippen LogP contribution in [0.2, 0.25) is 0 Å². The van der Waals surface area contributed by atoms with Crippen LogP contribution in [0.15, 0.2) is 59.5 Å². The minimum absolute atomic E-state index is 0.0441. The first-order chi connectivity index (χ1) is 14.3. The van der Waals surface area contributed by atoms with Gasteiger partial charge in [-0.3, -0.25) is 9.59 Å². The average Bonchev–Trinajstić information content (AvgIpc) is 3.58. The summed E-state index contributed by atoms with van der Waals surface area (Å²) in [6, 6.07) is 11.9. The molecule has 0 bridgehead atoms. The van der Waals surface area contributed by atoms with Crippen LogP contribution in [0.5, 0.6) is 5.75 Å². The summed E-state index contributed by atoms with van der Waals surface area (Å²) in [7, 11) is -2.67. The third-order valence-electron chi connectivity index (χ3n) is 5.49. The maximum atomic E-state index is 13.3. The number of benzene rings is 2. The summed E-state index contributed by atoms with van der Waals surface area (Å²) in [5.41, 5.74) is 0.552. The van der Waals surface area contributed by atoms with E-state index in [2.05, 4.69) is 0 Å². The number of carbonyl (C=O) groups excluding carboxylic acids is 1. The Morgan fingerprint density at radius 1 is 1.07 bits per heavy atom. The molecule has 0 spiro atoms. The molecule has 0 radical (unpaired) electrons. The molecule has 2 atom stereocenters. The van der Waals surface area contributed by atoms with Crippen LogP contribution < -0.4 is 4.74 Å². The topological polar surface area (TPSA) is 104 Å². The molecule has 1 saturated heterocycles. The Balaban J connectivity index is 1.83. The minimum atomic E-state index is -4.19. The van der Waals surface area contributed by atoms with Gasteiger partial charge in [0.1, 0.15) is 11.8 Å². The normalized spacial score (nSPS) is 22.7. The molecule has 2 unspecified atom stereocenters. The zero-order valence-corrected chi connectivity index (χ0v) is 17.2. The second kappa shape index (κ2) is 7.73. The quantitative estimate of drug-likeness (QED) is 0.751. The molecule has 0 aromatic heterocycles. The predicted octanol–water partition coefficient (Wildman–Crippen LogP) is 1.89. The first kappa shape index (κ1) is 20.4. The SMILES string of the molecule is COc1ccc(C2C(C(=O)O)N(S(=O)(=O)c3ccccc3)CC(=O)N2C2CC2)cc1. The van der Waals surface area contributed by atoms with Crippen molar-refractivity contribution in [2.24, 2.45) is 0 Å². The van der Waals surface area contributed by atoms with Crippen molar-refractivity contribution in [3.05, 3.63) is 60.2 Å². The van der Waals surface area contributed by atoms with Crippen molar-refractivity contribution in [2.75, 3.05) is 13.7 Å². The van der Waals surface area contributed by atoms with Gasteiger partial charge >= 0.3 is 5.97 Å². The molecule has 1 aliphatic heterocycles. The Hall–Kier alpha value is -2.91. The lowest BCUT2D eigenvalue weighted by Crippen LogP contribution is -2.62. The Morgan fingerprint density at radius 2 is 1.70 bits per heavy atom. The third kappa shape index (κ3) is 3.54. The van der Waals surface area contributed by atoms with E-state index in [1.165, 1.54) is 19.2 Å². The van der Waals surface area contributed by atoms with E-state index in [1.807, 2.05) is 0 Å². The van der Waals surface area contributed by atoms with E-state index < -0.39 is 40.5 Å². The zero-order valence-electron chi connectivity index (χ0n) is 16.3. The first-order valence-corrected chi connectivity index (χ1v) is 11.0. The van der Waals surface area contributed by atoms with E-state index in [0.29, 0.717) is 11.3 Å². The third-order valence-corrected chi connectivity index (χ3v) is 7.33. The Morgan fingerprint density at radius 3 is 2.23 bits per heavy atom. The molecule has 9 heteroatoms. The largest absolute Gasteiger partial charge is 0.497 e. The lowest BCUT2D eigenvalue weighted by Gasteiger charge is -2.45. The van der Waals surface area contributed by atoms with Crippen LogP contribution in [0, 0.1) is 0 Å². The van der Waals surface area contributed by atoms with Crippen LogP contribution in [-0.2, 0) is 19.6 Å². The van der Waals surface area contributed by atoms with Crippen LogP contribution >= 0.6 is 0 Å².